The van der Waals surface area contributed by atoms with Gasteiger partial charge in [-0.2, -0.15) is 4.98 Å². The Morgan fingerprint density at radius 3 is 2.53 bits per heavy atom. The predicted molar refractivity (Wildman–Crippen MR) is 125 cm³/mol. The minimum Gasteiger partial charge on any atom is -0.485 e. The molecule has 11 heteroatoms. The Morgan fingerprint density at radius 2 is 1.78 bits per heavy atom. The predicted octanol–water partition coefficient (Wildman–Crippen LogP) is 2.19. The van der Waals surface area contributed by atoms with Crippen molar-refractivity contribution in [2.75, 3.05) is 39.6 Å². The average molecular weight is 495 g/mol. The van der Waals surface area contributed by atoms with Gasteiger partial charge in [-0.3, -0.25) is 9.69 Å². The van der Waals surface area contributed by atoms with Gasteiger partial charge in [0.05, 0.1) is 5.56 Å². The Hall–Kier alpha value is -4.12. The second kappa shape index (κ2) is 10.6. The first-order valence-electron chi connectivity index (χ1n) is 11.6. The molecular weight excluding hydrogens is 468 g/mol. The molecule has 0 aliphatic carbocycles. The lowest BCUT2D eigenvalue weighted by Gasteiger charge is -2.34. The van der Waals surface area contributed by atoms with Crippen molar-refractivity contribution < 1.29 is 33.1 Å². The van der Waals surface area contributed by atoms with Crippen molar-refractivity contribution in [2.45, 2.75) is 20.1 Å². The lowest BCUT2D eigenvalue weighted by molar-refractivity contribution is -0.136. The Labute approximate surface area is 207 Å². The van der Waals surface area contributed by atoms with Crippen molar-refractivity contribution >= 4 is 11.9 Å². The third-order valence-corrected chi connectivity index (χ3v) is 5.92. The van der Waals surface area contributed by atoms with Crippen LogP contribution in [0.3, 0.4) is 0 Å². The van der Waals surface area contributed by atoms with Crippen molar-refractivity contribution in [2.24, 2.45) is 0 Å². The van der Waals surface area contributed by atoms with Crippen LogP contribution in [0, 0.1) is 6.92 Å². The van der Waals surface area contributed by atoms with Crippen molar-refractivity contribution in [1.29, 1.82) is 0 Å². The van der Waals surface area contributed by atoms with Crippen LogP contribution in [0.15, 0.2) is 47.0 Å². The van der Waals surface area contributed by atoms with Gasteiger partial charge in [-0.1, -0.05) is 11.2 Å². The number of hydrogen-bond donors (Lipinski definition) is 0. The molecule has 5 rings (SSSR count). The van der Waals surface area contributed by atoms with Crippen molar-refractivity contribution in [3.05, 3.63) is 65.3 Å². The zero-order valence-electron chi connectivity index (χ0n) is 19.8. The number of aromatic nitrogens is 2. The van der Waals surface area contributed by atoms with E-state index in [1.807, 2.05) is 18.2 Å². The normalized spacial score (nSPS) is 15.1. The van der Waals surface area contributed by atoms with E-state index in [1.54, 1.807) is 36.1 Å². The fraction of sp³-hybridized carbons (Fsp3) is 0.360. The van der Waals surface area contributed by atoms with E-state index in [0.29, 0.717) is 36.1 Å². The summed E-state index contributed by atoms with van der Waals surface area (Å²) >= 11 is 0. The van der Waals surface area contributed by atoms with E-state index in [-0.39, 0.29) is 25.9 Å². The minimum atomic E-state index is -0.565. The number of nitrogens with zero attached hydrogens (tertiary/aromatic N) is 4. The molecule has 11 nitrogen and oxygen atoms in total. The molecule has 0 atom stereocenters. The quantitative estimate of drug-likeness (QED) is 0.431. The highest BCUT2D eigenvalue weighted by Gasteiger charge is 2.23. The third kappa shape index (κ3) is 5.74. The smallest absolute Gasteiger partial charge is 0.338 e. The van der Waals surface area contributed by atoms with E-state index in [9.17, 15) is 9.59 Å². The van der Waals surface area contributed by atoms with Gasteiger partial charge in [0.2, 0.25) is 18.5 Å². The van der Waals surface area contributed by atoms with Crippen LogP contribution in [-0.2, 0) is 22.7 Å². The molecule has 36 heavy (non-hydrogen) atoms. The molecule has 0 spiro atoms. The summed E-state index contributed by atoms with van der Waals surface area (Å²) in [5.74, 6) is 2.20. The summed E-state index contributed by atoms with van der Waals surface area (Å²) in [6.45, 7) is 5.20. The number of aryl methyl sites for hydroxylation is 1. The number of rotatable bonds is 8. The number of piperazine rings is 1. The number of fused-ring (bicyclic) bond motifs is 1. The molecule has 1 fully saturated rings. The fourth-order valence-corrected chi connectivity index (χ4v) is 3.99. The molecule has 1 saturated heterocycles. The Morgan fingerprint density at radius 1 is 1.00 bits per heavy atom. The molecule has 3 heterocycles. The Kier molecular flexibility index (Phi) is 6.99. The third-order valence-electron chi connectivity index (χ3n) is 5.92. The van der Waals surface area contributed by atoms with Gasteiger partial charge in [0.15, 0.2) is 24.7 Å². The summed E-state index contributed by atoms with van der Waals surface area (Å²) in [5, 5.41) is 3.76. The zero-order valence-corrected chi connectivity index (χ0v) is 19.8. The van der Waals surface area contributed by atoms with Crippen LogP contribution in [0.25, 0.3) is 0 Å². The first-order chi connectivity index (χ1) is 17.5. The van der Waals surface area contributed by atoms with Gasteiger partial charge in [-0.25, -0.2) is 4.79 Å². The van der Waals surface area contributed by atoms with Crippen molar-refractivity contribution in [3.8, 4) is 17.2 Å². The number of amides is 1. The van der Waals surface area contributed by atoms with Crippen LogP contribution in [0.2, 0.25) is 0 Å². The van der Waals surface area contributed by atoms with Crippen LogP contribution < -0.4 is 14.2 Å². The Balaban J connectivity index is 1.03. The molecule has 2 aliphatic rings. The maximum atomic E-state index is 12.6. The van der Waals surface area contributed by atoms with Gasteiger partial charge in [0, 0.05) is 39.6 Å². The molecule has 0 saturated carbocycles. The van der Waals surface area contributed by atoms with Crippen LogP contribution in [0.4, 0.5) is 0 Å². The monoisotopic (exact) mass is 494 g/mol. The average Bonchev–Trinajstić information content (AvgIpc) is 3.55. The summed E-state index contributed by atoms with van der Waals surface area (Å²) < 4.78 is 26.5. The number of hydrogen-bond acceptors (Lipinski definition) is 10. The lowest BCUT2D eigenvalue weighted by Crippen LogP contribution is -2.49. The number of benzene rings is 2. The largest absolute Gasteiger partial charge is 0.485 e. The first-order valence-corrected chi connectivity index (χ1v) is 11.6. The van der Waals surface area contributed by atoms with Crippen LogP contribution in [-0.4, -0.2) is 71.4 Å². The molecule has 0 unspecified atom stereocenters. The molecule has 1 amide bonds. The molecule has 188 valence electrons. The molecule has 0 N–H and O–H groups in total. The van der Waals surface area contributed by atoms with Gasteiger partial charge in [-0.15, -0.1) is 0 Å². The van der Waals surface area contributed by atoms with E-state index < -0.39 is 5.97 Å². The van der Waals surface area contributed by atoms with E-state index in [4.69, 9.17) is 23.5 Å². The summed E-state index contributed by atoms with van der Waals surface area (Å²) in [7, 11) is 0. The SMILES string of the molecule is Cc1nc(COc2ccc(C(=O)OCC(=O)N3CCN(Cc4ccc5c(c4)OCO5)CC3)cc2)no1. The molecule has 0 bridgehead atoms. The van der Waals surface area contributed by atoms with E-state index >= 15 is 0 Å². The second-order valence-electron chi connectivity index (χ2n) is 8.46. The van der Waals surface area contributed by atoms with Crippen LogP contribution in [0.5, 0.6) is 17.2 Å². The number of carbonyl (C=O) groups excluding carboxylic acids is 2. The van der Waals surface area contributed by atoms with Gasteiger partial charge in [0.1, 0.15) is 5.75 Å². The number of esters is 1. The molecule has 3 aromatic rings. The van der Waals surface area contributed by atoms with Crippen molar-refractivity contribution in [1.82, 2.24) is 19.9 Å². The van der Waals surface area contributed by atoms with Gasteiger partial charge >= 0.3 is 5.97 Å². The molecule has 0 radical (unpaired) electrons. The topological polar surface area (TPSA) is 116 Å². The van der Waals surface area contributed by atoms with Crippen LogP contribution in [0.1, 0.15) is 27.6 Å². The number of ether oxygens (including phenoxy) is 4. The van der Waals surface area contributed by atoms with Gasteiger partial charge in [-0.05, 0) is 42.0 Å². The standard InChI is InChI=1S/C25H26N4O7/c1-17-26-23(27-36-17)14-32-20-5-3-19(4-6-20)25(31)33-15-24(30)29-10-8-28(9-11-29)13-18-2-7-21-22(12-18)35-16-34-21/h2-7,12H,8-11,13-16H2,1H3. The molecule has 1 aromatic heterocycles. The van der Waals surface area contributed by atoms with Gasteiger partial charge < -0.3 is 28.4 Å². The summed E-state index contributed by atoms with van der Waals surface area (Å²) in [6, 6.07) is 12.4. The highest BCUT2D eigenvalue weighted by molar-refractivity contribution is 5.91. The highest BCUT2D eigenvalue weighted by atomic mass is 16.7. The summed E-state index contributed by atoms with van der Waals surface area (Å²) in [5.41, 5.74) is 1.47. The summed E-state index contributed by atoms with van der Waals surface area (Å²) in [6.07, 6.45) is 0. The highest BCUT2D eigenvalue weighted by Crippen LogP contribution is 2.32. The Bertz CT molecular complexity index is 1220. The maximum absolute atomic E-state index is 12.6. The van der Waals surface area contributed by atoms with Crippen molar-refractivity contribution in [3.63, 3.8) is 0 Å². The van der Waals surface area contributed by atoms with Gasteiger partial charge in [0.25, 0.3) is 5.91 Å². The second-order valence-corrected chi connectivity index (χ2v) is 8.46. The van der Waals surface area contributed by atoms with E-state index in [1.165, 1.54) is 0 Å². The molecular formula is C25H26N4O7. The summed E-state index contributed by atoms with van der Waals surface area (Å²) in [4.78, 5) is 33.0. The minimum absolute atomic E-state index is 0.152. The number of carbonyl (C=O) groups is 2. The molecule has 2 aliphatic heterocycles. The fourth-order valence-electron chi connectivity index (χ4n) is 3.99. The molecule has 2 aromatic carbocycles. The first kappa shape index (κ1) is 23.6. The van der Waals surface area contributed by atoms with E-state index in [0.717, 1.165) is 36.7 Å². The lowest BCUT2D eigenvalue weighted by atomic mass is 10.1. The van der Waals surface area contributed by atoms with Crippen LogP contribution >= 0.6 is 0 Å². The van der Waals surface area contributed by atoms with E-state index in [2.05, 4.69) is 15.0 Å². The zero-order chi connectivity index (χ0) is 24.9. The maximum Gasteiger partial charge on any atom is 0.338 e.